The van der Waals surface area contributed by atoms with Crippen LogP contribution in [0, 0.1) is 0 Å². The van der Waals surface area contributed by atoms with Gasteiger partial charge in [-0.15, -0.1) is 0 Å². The number of hydrogen-bond donors (Lipinski definition) is 3. The van der Waals surface area contributed by atoms with E-state index in [4.69, 9.17) is 23.7 Å². The van der Waals surface area contributed by atoms with Gasteiger partial charge in [0.15, 0.2) is 24.6 Å². The van der Waals surface area contributed by atoms with Gasteiger partial charge in [0.1, 0.15) is 18.8 Å². The van der Waals surface area contributed by atoms with Gasteiger partial charge in [-0.05, 0) is 135 Å². The van der Waals surface area contributed by atoms with Gasteiger partial charge in [0.2, 0.25) is 0 Å². The molecule has 1 saturated heterocycles. The summed E-state index contributed by atoms with van der Waals surface area (Å²) >= 11 is 0. The Morgan fingerprint density at radius 3 is 1.17 bits per heavy atom. The summed E-state index contributed by atoms with van der Waals surface area (Å²) in [7, 11) is 0. The number of unbranched alkanes of at least 4 members (excludes halogenated alkanes) is 20. The van der Waals surface area contributed by atoms with Crippen LogP contribution in [0.3, 0.4) is 0 Å². The highest BCUT2D eigenvalue weighted by molar-refractivity contribution is 5.74. The summed E-state index contributed by atoms with van der Waals surface area (Å²) in [6.07, 6.45) is 67.2. The molecule has 12 nitrogen and oxygen atoms in total. The largest absolute Gasteiger partial charge is 0.479 e. The van der Waals surface area contributed by atoms with Gasteiger partial charge in [-0.25, -0.2) is 4.79 Å². The number of carboxylic acid groups (broad SMARTS) is 1. The molecular weight excluding hydrogens is 1040 g/mol. The molecule has 0 bridgehead atoms. The molecule has 0 aromatic carbocycles. The van der Waals surface area contributed by atoms with Crippen LogP contribution in [0.25, 0.3) is 0 Å². The molecule has 1 rings (SSSR count). The molecule has 12 heteroatoms. The zero-order valence-electron chi connectivity index (χ0n) is 51.9. The lowest BCUT2D eigenvalue weighted by atomic mass is 9.98. The van der Waals surface area contributed by atoms with Crippen LogP contribution in [0.1, 0.15) is 252 Å². The average molecular weight is 1160 g/mol. The highest BCUT2D eigenvalue weighted by Gasteiger charge is 2.50. The smallest absolute Gasteiger partial charge is 0.335 e. The SMILES string of the molecule is CC/C=C\C/C=C\C/C=C\C/C=C\C/C=C\CCCCCC(=O)OCC(COC1OC(C(=O)O)C(O)C(O)C1OC(=O)CCCCCCC/C=C\C/C=C\CCCCC)OC(=O)CCCCCCCC/C=C\C/C=C\C/C=C\CCCCC. The van der Waals surface area contributed by atoms with Crippen molar-refractivity contribution in [1.82, 2.24) is 0 Å². The molecule has 83 heavy (non-hydrogen) atoms. The lowest BCUT2D eigenvalue weighted by Gasteiger charge is -2.40. The Labute approximate surface area is 503 Å². The van der Waals surface area contributed by atoms with E-state index >= 15 is 0 Å². The molecule has 0 saturated carbocycles. The third-order valence-electron chi connectivity index (χ3n) is 14.0. The fourth-order valence-electron chi connectivity index (χ4n) is 9.02. The molecule has 0 aromatic rings. The molecule has 6 atom stereocenters. The van der Waals surface area contributed by atoms with Crippen molar-refractivity contribution in [2.75, 3.05) is 13.2 Å². The van der Waals surface area contributed by atoms with Crippen LogP contribution >= 0.6 is 0 Å². The zero-order valence-corrected chi connectivity index (χ0v) is 51.9. The number of aliphatic carboxylic acids is 1. The van der Waals surface area contributed by atoms with Crippen molar-refractivity contribution in [3.05, 3.63) is 122 Å². The number of rotatable bonds is 54. The maximum absolute atomic E-state index is 13.2. The van der Waals surface area contributed by atoms with Crippen molar-refractivity contribution >= 4 is 23.9 Å². The van der Waals surface area contributed by atoms with Gasteiger partial charge in [-0.3, -0.25) is 14.4 Å². The fourth-order valence-corrected chi connectivity index (χ4v) is 9.02. The Balaban J connectivity index is 2.72. The molecule has 0 aliphatic carbocycles. The fraction of sp³-hybridized carbons (Fsp3) is 0.662. The van der Waals surface area contributed by atoms with Crippen LogP contribution in [-0.2, 0) is 42.9 Å². The molecule has 1 heterocycles. The van der Waals surface area contributed by atoms with Gasteiger partial charge >= 0.3 is 23.9 Å². The summed E-state index contributed by atoms with van der Waals surface area (Å²) in [5, 5.41) is 31.6. The van der Waals surface area contributed by atoms with Gasteiger partial charge in [0.25, 0.3) is 0 Å². The number of esters is 3. The first-order chi connectivity index (χ1) is 40.6. The number of aliphatic hydroxyl groups is 2. The van der Waals surface area contributed by atoms with Crippen molar-refractivity contribution in [2.45, 2.75) is 289 Å². The summed E-state index contributed by atoms with van der Waals surface area (Å²) in [4.78, 5) is 51.3. The van der Waals surface area contributed by atoms with Crippen LogP contribution in [-0.4, -0.2) is 89.2 Å². The second-order valence-electron chi connectivity index (χ2n) is 21.7. The van der Waals surface area contributed by atoms with Crippen LogP contribution in [0.15, 0.2) is 122 Å². The first-order valence-corrected chi connectivity index (χ1v) is 32.5. The molecule has 470 valence electrons. The Kier molecular flexibility index (Phi) is 52.8. The van der Waals surface area contributed by atoms with Gasteiger partial charge in [-0.1, -0.05) is 219 Å². The summed E-state index contributed by atoms with van der Waals surface area (Å²) in [5.41, 5.74) is 0. The molecule has 0 radical (unpaired) electrons. The average Bonchev–Trinajstić information content (AvgIpc) is 3.58. The number of carbonyl (C=O) groups excluding carboxylic acids is 3. The van der Waals surface area contributed by atoms with Crippen molar-refractivity contribution < 1.29 is 58.2 Å². The molecule has 0 spiro atoms. The Bertz CT molecular complexity index is 1900. The number of allylic oxidation sites excluding steroid dienone is 20. The van der Waals surface area contributed by atoms with E-state index in [0.717, 1.165) is 148 Å². The molecule has 0 amide bonds. The van der Waals surface area contributed by atoms with Crippen LogP contribution in [0.5, 0.6) is 0 Å². The summed E-state index contributed by atoms with van der Waals surface area (Å²) in [6.45, 7) is 5.79. The minimum absolute atomic E-state index is 0.0335. The van der Waals surface area contributed by atoms with Gasteiger partial charge < -0.3 is 39.0 Å². The van der Waals surface area contributed by atoms with E-state index in [1.54, 1.807) is 0 Å². The third-order valence-corrected chi connectivity index (χ3v) is 14.0. The number of ether oxygens (including phenoxy) is 5. The summed E-state index contributed by atoms with van der Waals surface area (Å²) < 4.78 is 28.5. The molecule has 0 aromatic heterocycles. The Morgan fingerprint density at radius 1 is 0.410 bits per heavy atom. The quantitative estimate of drug-likeness (QED) is 0.0228. The molecule has 1 fully saturated rings. The minimum Gasteiger partial charge on any atom is -0.479 e. The topological polar surface area (TPSA) is 175 Å². The van der Waals surface area contributed by atoms with Crippen molar-refractivity contribution in [3.63, 3.8) is 0 Å². The first-order valence-electron chi connectivity index (χ1n) is 32.5. The van der Waals surface area contributed by atoms with Crippen LogP contribution in [0.4, 0.5) is 0 Å². The van der Waals surface area contributed by atoms with E-state index in [0.29, 0.717) is 19.3 Å². The maximum Gasteiger partial charge on any atom is 0.335 e. The molecular formula is C71H114O12. The number of carboxylic acids is 1. The predicted molar refractivity (Wildman–Crippen MR) is 340 cm³/mol. The van der Waals surface area contributed by atoms with E-state index in [-0.39, 0.29) is 25.9 Å². The molecule has 6 unspecified atom stereocenters. The van der Waals surface area contributed by atoms with Gasteiger partial charge in [0.05, 0.1) is 6.61 Å². The summed E-state index contributed by atoms with van der Waals surface area (Å²) in [6, 6.07) is 0. The normalized spacial score (nSPS) is 18.4. The van der Waals surface area contributed by atoms with Crippen molar-refractivity contribution in [3.8, 4) is 0 Å². The predicted octanol–water partition coefficient (Wildman–Crippen LogP) is 17.6. The van der Waals surface area contributed by atoms with Crippen LogP contribution < -0.4 is 0 Å². The van der Waals surface area contributed by atoms with Crippen molar-refractivity contribution in [1.29, 1.82) is 0 Å². The molecule has 3 N–H and O–H groups in total. The van der Waals surface area contributed by atoms with E-state index in [9.17, 15) is 34.5 Å². The number of hydrogen-bond acceptors (Lipinski definition) is 11. The lowest BCUT2D eigenvalue weighted by Crippen LogP contribution is -2.61. The van der Waals surface area contributed by atoms with E-state index < -0.39 is 67.3 Å². The highest BCUT2D eigenvalue weighted by Crippen LogP contribution is 2.26. The molecule has 1 aliphatic heterocycles. The number of carbonyl (C=O) groups is 4. The standard InChI is InChI=1S/C71H114O12/c1-4-7-10-13-16-19-22-25-28-30-32-34-37-39-42-45-48-51-54-57-63(72)79-60-62(81-64(73)58-55-52-49-46-43-41-38-35-33-31-29-26-23-20-17-14-11-8-5-2)61-80-71-69(67(76)66(75)68(83-71)70(77)78)82-65(74)59-56-53-50-47-44-40-36-27-24-21-18-15-12-9-6-3/h7,10,16-21,25-29,32-36,39,42,62,66-69,71,75-76H,4-6,8-9,11-15,22-24,30-31,37-38,40-41,43-61H2,1-3H3,(H,77,78)/b10-7-,19-16-,20-17-,21-18-,28-25-,29-26-,34-32-,35-33-,36-27-,42-39-. The Hall–Kier alpha value is -4.88. The minimum atomic E-state index is -1.92. The van der Waals surface area contributed by atoms with Gasteiger partial charge in [0, 0.05) is 19.3 Å². The zero-order chi connectivity index (χ0) is 60.3. The van der Waals surface area contributed by atoms with Crippen molar-refractivity contribution in [2.24, 2.45) is 0 Å². The van der Waals surface area contributed by atoms with E-state index in [1.165, 1.54) is 44.9 Å². The number of aliphatic hydroxyl groups excluding tert-OH is 2. The maximum atomic E-state index is 13.2. The second kappa shape index (κ2) is 57.5. The van der Waals surface area contributed by atoms with E-state index in [1.807, 2.05) is 0 Å². The monoisotopic (exact) mass is 1160 g/mol. The molecule has 1 aliphatic rings. The summed E-state index contributed by atoms with van der Waals surface area (Å²) in [5.74, 6) is -3.21. The highest BCUT2D eigenvalue weighted by atomic mass is 16.7. The third kappa shape index (κ3) is 47.1. The van der Waals surface area contributed by atoms with Gasteiger partial charge in [-0.2, -0.15) is 0 Å². The lowest BCUT2D eigenvalue weighted by molar-refractivity contribution is -0.301. The first kappa shape index (κ1) is 76.1. The second-order valence-corrected chi connectivity index (χ2v) is 21.7. The van der Waals surface area contributed by atoms with E-state index in [2.05, 4.69) is 142 Å². The Morgan fingerprint density at radius 2 is 0.759 bits per heavy atom. The van der Waals surface area contributed by atoms with Crippen LogP contribution in [0.2, 0.25) is 0 Å².